The van der Waals surface area contributed by atoms with Crippen LogP contribution in [0.2, 0.25) is 0 Å². The van der Waals surface area contributed by atoms with Crippen LogP contribution in [0.5, 0.6) is 0 Å². The molecule has 0 spiro atoms. The van der Waals surface area contributed by atoms with Gasteiger partial charge in [-0.05, 0) is 17.0 Å². The Morgan fingerprint density at radius 3 is 3.08 bits per heavy atom. The van der Waals surface area contributed by atoms with Crippen LogP contribution in [0.1, 0.15) is 11.3 Å². The standard InChI is InChI=1S/C11H10S2/c12-11-6-2-1-4-9(11)8-10-5-3-7-13-10/h1-5,7H,6,8H2. The topological polar surface area (TPSA) is 0 Å². The predicted octanol–water partition coefficient (Wildman–Crippen LogP) is 3.55. The summed E-state index contributed by atoms with van der Waals surface area (Å²) in [5.41, 5.74) is 1.31. The molecule has 0 unspecified atom stereocenters. The maximum absolute atomic E-state index is 5.29. The fourth-order valence-corrected chi connectivity index (χ4v) is 2.31. The molecule has 0 fully saturated rings. The average molecular weight is 206 g/mol. The molecule has 66 valence electrons. The second-order valence-electron chi connectivity index (χ2n) is 3.00. The first-order valence-electron chi connectivity index (χ1n) is 4.27. The zero-order valence-corrected chi connectivity index (χ0v) is 8.83. The summed E-state index contributed by atoms with van der Waals surface area (Å²) in [4.78, 5) is 2.49. The third kappa shape index (κ3) is 2.14. The van der Waals surface area contributed by atoms with Crippen molar-refractivity contribution in [2.45, 2.75) is 12.8 Å². The Balaban J connectivity index is 2.14. The lowest BCUT2D eigenvalue weighted by atomic mass is 10.0. The molecule has 1 heterocycles. The fourth-order valence-electron chi connectivity index (χ4n) is 1.34. The summed E-state index contributed by atoms with van der Waals surface area (Å²) in [7, 11) is 0. The highest BCUT2D eigenvalue weighted by Crippen LogP contribution is 2.18. The fraction of sp³-hybridized carbons (Fsp3) is 0.182. The molecule has 0 saturated carbocycles. The van der Waals surface area contributed by atoms with Crippen molar-refractivity contribution >= 4 is 28.4 Å². The average Bonchev–Trinajstić information content (AvgIpc) is 2.61. The van der Waals surface area contributed by atoms with Crippen molar-refractivity contribution in [1.82, 2.24) is 0 Å². The van der Waals surface area contributed by atoms with Crippen LogP contribution in [0.25, 0.3) is 0 Å². The number of hydrogen-bond donors (Lipinski definition) is 0. The van der Waals surface area contributed by atoms with E-state index in [0.717, 1.165) is 17.7 Å². The van der Waals surface area contributed by atoms with Gasteiger partial charge in [0.1, 0.15) is 0 Å². The largest absolute Gasteiger partial charge is 0.149 e. The summed E-state index contributed by atoms with van der Waals surface area (Å²) < 4.78 is 0. The van der Waals surface area contributed by atoms with E-state index in [0.29, 0.717) is 0 Å². The monoisotopic (exact) mass is 206 g/mol. The van der Waals surface area contributed by atoms with Crippen molar-refractivity contribution in [1.29, 1.82) is 0 Å². The van der Waals surface area contributed by atoms with Crippen molar-refractivity contribution in [2.24, 2.45) is 0 Å². The maximum atomic E-state index is 5.29. The first-order valence-corrected chi connectivity index (χ1v) is 5.56. The van der Waals surface area contributed by atoms with Crippen LogP contribution in [-0.2, 0) is 6.42 Å². The minimum atomic E-state index is 0.937. The first kappa shape index (κ1) is 8.85. The molecule has 0 bridgehead atoms. The molecule has 0 radical (unpaired) electrons. The van der Waals surface area contributed by atoms with E-state index >= 15 is 0 Å². The van der Waals surface area contributed by atoms with Gasteiger partial charge in [-0.2, -0.15) is 0 Å². The summed E-state index contributed by atoms with van der Waals surface area (Å²) in [5, 5.41) is 2.11. The number of allylic oxidation sites excluding steroid dienone is 4. The predicted molar refractivity (Wildman–Crippen MR) is 62.5 cm³/mol. The third-order valence-electron chi connectivity index (χ3n) is 2.04. The highest BCUT2D eigenvalue weighted by Gasteiger charge is 2.07. The van der Waals surface area contributed by atoms with Gasteiger partial charge in [-0.1, -0.05) is 36.5 Å². The minimum Gasteiger partial charge on any atom is -0.149 e. The maximum Gasteiger partial charge on any atom is 0.0225 e. The van der Waals surface area contributed by atoms with E-state index in [2.05, 4.69) is 35.7 Å². The molecule has 1 aromatic rings. The highest BCUT2D eigenvalue weighted by atomic mass is 32.1. The van der Waals surface area contributed by atoms with Crippen LogP contribution in [0.3, 0.4) is 0 Å². The normalized spacial score (nSPS) is 16.0. The van der Waals surface area contributed by atoms with Crippen molar-refractivity contribution in [2.75, 3.05) is 0 Å². The molecule has 1 aliphatic rings. The van der Waals surface area contributed by atoms with Gasteiger partial charge in [-0.15, -0.1) is 11.3 Å². The summed E-state index contributed by atoms with van der Waals surface area (Å²) in [5.74, 6) is 0. The van der Waals surface area contributed by atoms with Gasteiger partial charge in [0.2, 0.25) is 0 Å². The van der Waals surface area contributed by atoms with Crippen LogP contribution in [0.15, 0.2) is 41.3 Å². The van der Waals surface area contributed by atoms with Gasteiger partial charge in [0.05, 0.1) is 0 Å². The molecule has 0 amide bonds. The van der Waals surface area contributed by atoms with Gasteiger partial charge in [0, 0.05) is 22.6 Å². The molecule has 13 heavy (non-hydrogen) atoms. The number of hydrogen-bond acceptors (Lipinski definition) is 2. The SMILES string of the molecule is S=C1CC=CC=C1Cc1cccs1. The van der Waals surface area contributed by atoms with Crippen molar-refractivity contribution in [3.8, 4) is 0 Å². The van der Waals surface area contributed by atoms with E-state index in [1.807, 2.05) is 0 Å². The van der Waals surface area contributed by atoms with Crippen molar-refractivity contribution in [3.63, 3.8) is 0 Å². The van der Waals surface area contributed by atoms with Crippen molar-refractivity contribution in [3.05, 3.63) is 46.2 Å². The number of rotatable bonds is 2. The van der Waals surface area contributed by atoms with Gasteiger partial charge in [-0.3, -0.25) is 0 Å². The van der Waals surface area contributed by atoms with E-state index in [1.165, 1.54) is 10.5 Å². The molecule has 0 saturated heterocycles. The molecule has 0 aromatic carbocycles. The molecule has 0 nitrogen and oxygen atoms in total. The lowest BCUT2D eigenvalue weighted by Crippen LogP contribution is -2.03. The summed E-state index contributed by atoms with van der Waals surface area (Å²) in [6.07, 6.45) is 8.28. The Morgan fingerprint density at radius 1 is 1.46 bits per heavy atom. The van der Waals surface area contributed by atoms with E-state index < -0.39 is 0 Å². The van der Waals surface area contributed by atoms with Gasteiger partial charge >= 0.3 is 0 Å². The second-order valence-corrected chi connectivity index (χ2v) is 4.53. The zero-order valence-electron chi connectivity index (χ0n) is 7.19. The van der Waals surface area contributed by atoms with E-state index in [1.54, 1.807) is 11.3 Å². The van der Waals surface area contributed by atoms with E-state index in [-0.39, 0.29) is 0 Å². The highest BCUT2D eigenvalue weighted by molar-refractivity contribution is 7.80. The molecule has 2 heteroatoms. The van der Waals surface area contributed by atoms with Crippen LogP contribution >= 0.6 is 23.6 Å². The lowest BCUT2D eigenvalue weighted by molar-refractivity contribution is 1.25. The van der Waals surface area contributed by atoms with E-state index in [4.69, 9.17) is 12.2 Å². The molecule has 1 aromatic heterocycles. The Morgan fingerprint density at radius 2 is 2.38 bits per heavy atom. The summed E-state index contributed by atoms with van der Waals surface area (Å²) >= 11 is 7.08. The molecule has 0 N–H and O–H groups in total. The minimum absolute atomic E-state index is 0.937. The molecule has 0 atom stereocenters. The van der Waals surface area contributed by atoms with Crippen molar-refractivity contribution < 1.29 is 0 Å². The molecular weight excluding hydrogens is 196 g/mol. The Hall–Kier alpha value is -0.730. The zero-order chi connectivity index (χ0) is 9.10. The number of thiocarbonyl (C=S) groups is 1. The third-order valence-corrected chi connectivity index (χ3v) is 3.34. The first-order chi connectivity index (χ1) is 6.36. The van der Waals surface area contributed by atoms with Crippen LogP contribution in [0, 0.1) is 0 Å². The Kier molecular flexibility index (Phi) is 2.71. The molecule has 2 rings (SSSR count). The van der Waals surface area contributed by atoms with E-state index in [9.17, 15) is 0 Å². The molecular formula is C11H10S2. The van der Waals surface area contributed by atoms with Gasteiger partial charge in [0.25, 0.3) is 0 Å². The van der Waals surface area contributed by atoms with Crippen LogP contribution in [0.4, 0.5) is 0 Å². The molecule has 0 aliphatic heterocycles. The smallest absolute Gasteiger partial charge is 0.0225 e. The van der Waals surface area contributed by atoms with Crippen LogP contribution in [-0.4, -0.2) is 4.86 Å². The van der Waals surface area contributed by atoms with Gasteiger partial charge in [0.15, 0.2) is 0 Å². The number of thiophene rings is 1. The second kappa shape index (κ2) is 3.99. The summed E-state index contributed by atoms with van der Waals surface area (Å²) in [6, 6.07) is 4.24. The Bertz CT molecular complexity index is 355. The quantitative estimate of drug-likeness (QED) is 0.667. The van der Waals surface area contributed by atoms with Crippen LogP contribution < -0.4 is 0 Å². The molecule has 1 aliphatic carbocycles. The lowest BCUT2D eigenvalue weighted by Gasteiger charge is -2.08. The van der Waals surface area contributed by atoms with Gasteiger partial charge < -0.3 is 0 Å². The summed E-state index contributed by atoms with van der Waals surface area (Å²) in [6.45, 7) is 0. The Labute approximate surface area is 87.6 Å². The van der Waals surface area contributed by atoms with Gasteiger partial charge in [-0.25, -0.2) is 0 Å².